The second-order valence-corrected chi connectivity index (χ2v) is 4.60. The molecule has 0 radical (unpaired) electrons. The molecule has 2 rings (SSSR count). The molecule has 2 unspecified atom stereocenters. The van der Waals surface area contributed by atoms with Crippen molar-refractivity contribution >= 4 is 5.97 Å². The van der Waals surface area contributed by atoms with Crippen LogP contribution in [0.15, 0.2) is 24.3 Å². The van der Waals surface area contributed by atoms with Crippen LogP contribution in [0.3, 0.4) is 0 Å². The lowest BCUT2D eigenvalue weighted by Crippen LogP contribution is -2.24. The summed E-state index contributed by atoms with van der Waals surface area (Å²) in [4.78, 5) is 10.7. The molecule has 0 bridgehead atoms. The molecule has 1 aromatic carbocycles. The van der Waals surface area contributed by atoms with E-state index in [4.69, 9.17) is 9.84 Å². The molecule has 0 heterocycles. The summed E-state index contributed by atoms with van der Waals surface area (Å²) < 4.78 is 5.40. The molecular formula is C14H18O3. The van der Waals surface area contributed by atoms with Gasteiger partial charge in [-0.25, -0.2) is 4.79 Å². The predicted molar refractivity (Wildman–Crippen MR) is 65.2 cm³/mol. The van der Waals surface area contributed by atoms with Crippen molar-refractivity contribution < 1.29 is 14.6 Å². The van der Waals surface area contributed by atoms with E-state index >= 15 is 0 Å². The third-order valence-electron chi connectivity index (χ3n) is 3.39. The first kappa shape index (κ1) is 12.1. The maximum Gasteiger partial charge on any atom is 0.332 e. The average Bonchev–Trinajstić information content (AvgIpc) is 2.35. The van der Waals surface area contributed by atoms with E-state index in [0.717, 1.165) is 19.3 Å². The molecule has 3 heteroatoms. The van der Waals surface area contributed by atoms with E-state index < -0.39 is 12.1 Å². The van der Waals surface area contributed by atoms with Crippen LogP contribution in [0.1, 0.15) is 36.8 Å². The van der Waals surface area contributed by atoms with Crippen molar-refractivity contribution in [2.45, 2.75) is 38.2 Å². The Morgan fingerprint density at radius 1 is 1.53 bits per heavy atom. The summed E-state index contributed by atoms with van der Waals surface area (Å²) >= 11 is 0. The molecule has 0 aliphatic heterocycles. The molecule has 1 aliphatic carbocycles. The lowest BCUT2D eigenvalue weighted by atomic mass is 9.83. The Kier molecular flexibility index (Phi) is 3.79. The molecule has 1 aliphatic rings. The molecule has 0 aromatic heterocycles. The normalized spacial score (nSPS) is 20.6. The van der Waals surface area contributed by atoms with Crippen molar-refractivity contribution in [3.63, 3.8) is 0 Å². The van der Waals surface area contributed by atoms with Crippen LogP contribution in [-0.4, -0.2) is 23.8 Å². The maximum atomic E-state index is 10.7. The van der Waals surface area contributed by atoms with E-state index in [1.807, 2.05) is 6.07 Å². The van der Waals surface area contributed by atoms with Crippen LogP contribution >= 0.6 is 0 Å². The molecule has 92 valence electrons. The smallest absolute Gasteiger partial charge is 0.332 e. The van der Waals surface area contributed by atoms with Gasteiger partial charge in [-0.1, -0.05) is 24.3 Å². The second-order valence-electron chi connectivity index (χ2n) is 4.60. The van der Waals surface area contributed by atoms with Gasteiger partial charge in [0.15, 0.2) is 6.10 Å². The highest BCUT2D eigenvalue weighted by Crippen LogP contribution is 2.31. The summed E-state index contributed by atoms with van der Waals surface area (Å²) in [5, 5.41) is 8.78. The number of rotatable bonds is 4. The van der Waals surface area contributed by atoms with Crippen molar-refractivity contribution in [2.75, 3.05) is 6.61 Å². The topological polar surface area (TPSA) is 46.5 Å². The van der Waals surface area contributed by atoms with Crippen molar-refractivity contribution in [2.24, 2.45) is 0 Å². The minimum atomic E-state index is -0.894. The van der Waals surface area contributed by atoms with Gasteiger partial charge in [0.1, 0.15) is 0 Å². The molecule has 0 fully saturated rings. The molecule has 0 spiro atoms. The highest BCUT2D eigenvalue weighted by atomic mass is 16.5. The van der Waals surface area contributed by atoms with E-state index in [-0.39, 0.29) is 0 Å². The van der Waals surface area contributed by atoms with E-state index in [9.17, 15) is 4.79 Å². The number of carboxylic acids is 1. The van der Waals surface area contributed by atoms with Gasteiger partial charge < -0.3 is 9.84 Å². The van der Waals surface area contributed by atoms with Crippen LogP contribution in [0.4, 0.5) is 0 Å². The fraction of sp³-hybridized carbons (Fsp3) is 0.500. The van der Waals surface area contributed by atoms with Gasteiger partial charge >= 0.3 is 5.97 Å². The number of benzene rings is 1. The zero-order valence-electron chi connectivity index (χ0n) is 10.1. The predicted octanol–water partition coefficient (Wildman–Crippen LogP) is 2.60. The number of aliphatic carboxylic acids is 1. The van der Waals surface area contributed by atoms with Crippen LogP contribution in [0.5, 0.6) is 0 Å². The molecule has 0 saturated heterocycles. The minimum Gasteiger partial charge on any atom is -0.479 e. The lowest BCUT2D eigenvalue weighted by molar-refractivity contribution is -0.149. The first-order chi connectivity index (χ1) is 8.18. The molecule has 2 atom stereocenters. The van der Waals surface area contributed by atoms with Gasteiger partial charge in [-0.15, -0.1) is 0 Å². The van der Waals surface area contributed by atoms with Gasteiger partial charge in [-0.05, 0) is 37.3 Å². The maximum absolute atomic E-state index is 10.7. The molecular weight excluding hydrogens is 216 g/mol. The van der Waals surface area contributed by atoms with Gasteiger partial charge in [-0.3, -0.25) is 0 Å². The zero-order valence-corrected chi connectivity index (χ0v) is 10.1. The van der Waals surface area contributed by atoms with Crippen LogP contribution in [0, 0.1) is 0 Å². The van der Waals surface area contributed by atoms with Crippen LogP contribution in [0.25, 0.3) is 0 Å². The highest BCUT2D eigenvalue weighted by Gasteiger charge is 2.21. The molecule has 1 N–H and O–H groups in total. The first-order valence-electron chi connectivity index (χ1n) is 6.10. The largest absolute Gasteiger partial charge is 0.479 e. The van der Waals surface area contributed by atoms with Crippen molar-refractivity contribution in [1.82, 2.24) is 0 Å². The second kappa shape index (κ2) is 5.32. The van der Waals surface area contributed by atoms with Crippen molar-refractivity contribution in [1.29, 1.82) is 0 Å². The summed E-state index contributed by atoms with van der Waals surface area (Å²) in [6, 6.07) is 8.38. The quantitative estimate of drug-likeness (QED) is 0.871. The van der Waals surface area contributed by atoms with E-state index in [0.29, 0.717) is 12.5 Å². The van der Waals surface area contributed by atoms with Crippen molar-refractivity contribution in [3.05, 3.63) is 35.4 Å². The zero-order chi connectivity index (χ0) is 12.3. The Hall–Kier alpha value is -1.35. The van der Waals surface area contributed by atoms with Gasteiger partial charge in [-0.2, -0.15) is 0 Å². The van der Waals surface area contributed by atoms with Gasteiger partial charge in [0.25, 0.3) is 0 Å². The summed E-state index contributed by atoms with van der Waals surface area (Å²) in [7, 11) is 0. The monoisotopic (exact) mass is 234 g/mol. The summed E-state index contributed by atoms with van der Waals surface area (Å²) in [6.07, 6.45) is 2.65. The SMILES string of the molecule is CC(OCC1CCCc2ccccc21)C(=O)O. The Morgan fingerprint density at radius 2 is 2.29 bits per heavy atom. The Morgan fingerprint density at radius 3 is 3.06 bits per heavy atom. The van der Waals surface area contributed by atoms with Crippen molar-refractivity contribution in [3.8, 4) is 0 Å². The van der Waals surface area contributed by atoms with Gasteiger partial charge in [0.2, 0.25) is 0 Å². The van der Waals surface area contributed by atoms with E-state index in [1.165, 1.54) is 11.1 Å². The number of carbonyl (C=O) groups is 1. The van der Waals surface area contributed by atoms with Crippen LogP contribution in [-0.2, 0) is 16.0 Å². The standard InChI is InChI=1S/C14H18O3/c1-10(14(15)16)17-9-12-7-4-6-11-5-2-3-8-13(11)12/h2-3,5,8,10,12H,4,6-7,9H2,1H3,(H,15,16). The molecule has 1 aromatic rings. The fourth-order valence-corrected chi connectivity index (χ4v) is 2.36. The first-order valence-corrected chi connectivity index (χ1v) is 6.10. The summed E-state index contributed by atoms with van der Waals surface area (Å²) in [5.74, 6) is -0.546. The van der Waals surface area contributed by atoms with Gasteiger partial charge in [0.05, 0.1) is 6.61 Å². The highest BCUT2D eigenvalue weighted by molar-refractivity contribution is 5.71. The van der Waals surface area contributed by atoms with Crippen LogP contribution < -0.4 is 0 Å². The number of aryl methyl sites for hydroxylation is 1. The van der Waals surface area contributed by atoms with E-state index in [2.05, 4.69) is 18.2 Å². The number of carboxylic acid groups (broad SMARTS) is 1. The Bertz CT molecular complexity index is 400. The number of fused-ring (bicyclic) bond motifs is 1. The summed E-state index contributed by atoms with van der Waals surface area (Å²) in [5.41, 5.74) is 2.71. The third kappa shape index (κ3) is 2.86. The Labute approximate surface area is 101 Å². The minimum absolute atomic E-state index is 0.349. The summed E-state index contributed by atoms with van der Waals surface area (Å²) in [6.45, 7) is 2.08. The molecule has 3 nitrogen and oxygen atoms in total. The average molecular weight is 234 g/mol. The Balaban J connectivity index is 2.01. The molecule has 0 saturated carbocycles. The number of hydrogen-bond donors (Lipinski definition) is 1. The molecule has 0 amide bonds. The van der Waals surface area contributed by atoms with E-state index in [1.54, 1.807) is 6.92 Å². The number of hydrogen-bond acceptors (Lipinski definition) is 2. The fourth-order valence-electron chi connectivity index (χ4n) is 2.36. The number of ether oxygens (including phenoxy) is 1. The van der Waals surface area contributed by atoms with Crippen LogP contribution in [0.2, 0.25) is 0 Å². The van der Waals surface area contributed by atoms with Gasteiger partial charge in [0, 0.05) is 5.92 Å². The molecule has 17 heavy (non-hydrogen) atoms. The third-order valence-corrected chi connectivity index (χ3v) is 3.39. The lowest BCUT2D eigenvalue weighted by Gasteiger charge is -2.25.